The highest BCUT2D eigenvalue weighted by Crippen LogP contribution is 2.28. The summed E-state index contributed by atoms with van der Waals surface area (Å²) in [4.78, 5) is 27.3. The number of aliphatic carboxylic acids is 1. The topological polar surface area (TPSA) is 84.2 Å². The Kier molecular flexibility index (Phi) is 3.30. The van der Waals surface area contributed by atoms with Crippen molar-refractivity contribution in [2.24, 2.45) is 0 Å². The van der Waals surface area contributed by atoms with Gasteiger partial charge in [-0.25, -0.2) is 9.78 Å². The molecule has 18 heavy (non-hydrogen) atoms. The van der Waals surface area contributed by atoms with E-state index in [9.17, 15) is 9.59 Å². The second kappa shape index (κ2) is 4.61. The molecule has 7 heteroatoms. The maximum absolute atomic E-state index is 12.2. The Morgan fingerprint density at radius 2 is 2.28 bits per heavy atom. The average Bonchev–Trinajstić information content (AvgIpc) is 2.69. The second-order valence-electron chi connectivity index (χ2n) is 4.56. The molecule has 0 fully saturated rings. The number of hydrogen-bond donors (Lipinski definition) is 2. The molecule has 0 aromatic carbocycles. The second-order valence-corrected chi connectivity index (χ2v) is 4.92. The normalized spacial score (nSPS) is 17.9. The van der Waals surface area contributed by atoms with Crippen molar-refractivity contribution in [3.8, 4) is 0 Å². The highest BCUT2D eigenvalue weighted by atomic mass is 35.5. The Balaban J connectivity index is 2.58. The van der Waals surface area contributed by atoms with Gasteiger partial charge in [-0.2, -0.15) is 0 Å². The summed E-state index contributed by atoms with van der Waals surface area (Å²) in [6, 6.07) is -0.828. The Hall–Kier alpha value is -1.56. The van der Waals surface area contributed by atoms with Gasteiger partial charge in [-0.05, 0) is 26.7 Å². The lowest BCUT2D eigenvalue weighted by Gasteiger charge is -2.14. The number of nitrogens with one attached hydrogen (secondary N) is 1. The van der Waals surface area contributed by atoms with Gasteiger partial charge in [0, 0.05) is 6.04 Å². The summed E-state index contributed by atoms with van der Waals surface area (Å²) in [5.41, 5.74) is 0.0800. The molecule has 2 heterocycles. The zero-order chi connectivity index (χ0) is 13.4. The number of rotatable bonds is 3. The van der Waals surface area contributed by atoms with E-state index in [2.05, 4.69) is 10.3 Å². The van der Waals surface area contributed by atoms with Crippen LogP contribution in [0.4, 0.5) is 5.82 Å². The maximum Gasteiger partial charge on any atom is 0.326 e. The molecule has 0 spiro atoms. The average molecular weight is 272 g/mol. The number of fused-ring (bicyclic) bond motifs is 1. The molecule has 1 aliphatic heterocycles. The fraction of sp³-hybridized carbons (Fsp3) is 0.545. The lowest BCUT2D eigenvalue weighted by Crippen LogP contribution is -2.32. The van der Waals surface area contributed by atoms with Crippen LogP contribution >= 0.6 is 11.6 Å². The number of carbonyl (C=O) groups is 1. The fourth-order valence-electron chi connectivity index (χ4n) is 2.10. The predicted molar refractivity (Wildman–Crippen MR) is 67.3 cm³/mol. The summed E-state index contributed by atoms with van der Waals surface area (Å²) < 4.78 is 1.24. The van der Waals surface area contributed by atoms with Gasteiger partial charge in [0.2, 0.25) is 0 Å². The molecule has 0 aliphatic carbocycles. The third-order valence-electron chi connectivity index (χ3n) is 2.84. The Bertz CT molecular complexity index is 553. The van der Waals surface area contributed by atoms with Crippen LogP contribution in [0.2, 0.25) is 5.15 Å². The smallest absolute Gasteiger partial charge is 0.326 e. The van der Waals surface area contributed by atoms with E-state index < -0.39 is 17.6 Å². The minimum Gasteiger partial charge on any atom is -0.480 e. The molecule has 1 atom stereocenters. The summed E-state index contributed by atoms with van der Waals surface area (Å²) in [5.74, 6) is -0.916. The molecule has 0 bridgehead atoms. The lowest BCUT2D eigenvalue weighted by molar-refractivity contribution is -0.140. The summed E-state index contributed by atoms with van der Waals surface area (Å²) in [5, 5.41) is 12.2. The zero-order valence-electron chi connectivity index (χ0n) is 10.1. The van der Waals surface area contributed by atoms with Crippen LogP contribution in [0.25, 0.3) is 0 Å². The van der Waals surface area contributed by atoms with E-state index in [1.807, 2.05) is 13.8 Å². The molecule has 0 saturated heterocycles. The van der Waals surface area contributed by atoms with Gasteiger partial charge >= 0.3 is 5.97 Å². The predicted octanol–water partition coefficient (Wildman–Crippen LogP) is 1.29. The fourth-order valence-corrected chi connectivity index (χ4v) is 2.37. The van der Waals surface area contributed by atoms with Crippen LogP contribution < -0.4 is 10.9 Å². The van der Waals surface area contributed by atoms with E-state index in [-0.39, 0.29) is 17.0 Å². The zero-order valence-corrected chi connectivity index (χ0v) is 10.9. The van der Waals surface area contributed by atoms with Crippen molar-refractivity contribution in [3.05, 3.63) is 21.2 Å². The van der Waals surface area contributed by atoms with Crippen molar-refractivity contribution < 1.29 is 9.90 Å². The molecule has 0 saturated carbocycles. The first-order valence-corrected chi connectivity index (χ1v) is 6.10. The molecule has 6 nitrogen and oxygen atoms in total. The van der Waals surface area contributed by atoms with E-state index in [4.69, 9.17) is 16.7 Å². The molecule has 0 radical (unpaired) electrons. The van der Waals surface area contributed by atoms with Gasteiger partial charge in [0.05, 0.1) is 5.69 Å². The number of carboxylic acids is 1. The van der Waals surface area contributed by atoms with Crippen LogP contribution in [0.1, 0.15) is 32.0 Å². The van der Waals surface area contributed by atoms with Crippen molar-refractivity contribution >= 4 is 23.4 Å². The number of carboxylic acid groups (broad SMARTS) is 1. The van der Waals surface area contributed by atoms with Gasteiger partial charge in [-0.3, -0.25) is 9.36 Å². The van der Waals surface area contributed by atoms with Crippen molar-refractivity contribution in [1.29, 1.82) is 0 Å². The molecule has 1 aromatic heterocycles. The summed E-state index contributed by atoms with van der Waals surface area (Å²) in [7, 11) is 0. The van der Waals surface area contributed by atoms with Crippen LogP contribution in [-0.4, -0.2) is 26.7 Å². The van der Waals surface area contributed by atoms with Gasteiger partial charge in [0.15, 0.2) is 11.0 Å². The molecule has 1 aromatic rings. The van der Waals surface area contributed by atoms with Crippen molar-refractivity contribution in [2.75, 3.05) is 5.32 Å². The van der Waals surface area contributed by atoms with E-state index >= 15 is 0 Å². The number of nitrogens with zero attached hydrogens (tertiary/aromatic N) is 2. The third-order valence-corrected chi connectivity index (χ3v) is 3.14. The molecule has 0 amide bonds. The minimum atomic E-state index is -1.02. The van der Waals surface area contributed by atoms with Gasteiger partial charge in [-0.1, -0.05) is 11.6 Å². The van der Waals surface area contributed by atoms with Gasteiger partial charge in [0.1, 0.15) is 6.04 Å². The summed E-state index contributed by atoms with van der Waals surface area (Å²) in [6.07, 6.45) is 0.830. The highest BCUT2D eigenvalue weighted by molar-refractivity contribution is 6.30. The monoisotopic (exact) mass is 271 g/mol. The number of hydrogen-bond acceptors (Lipinski definition) is 4. The Morgan fingerprint density at radius 1 is 1.61 bits per heavy atom. The van der Waals surface area contributed by atoms with Crippen molar-refractivity contribution in [3.63, 3.8) is 0 Å². The molecule has 0 unspecified atom stereocenters. The molecule has 2 N–H and O–H groups in total. The summed E-state index contributed by atoms with van der Waals surface area (Å²) >= 11 is 6.00. The minimum absolute atomic E-state index is 0.0181. The highest BCUT2D eigenvalue weighted by Gasteiger charge is 2.32. The van der Waals surface area contributed by atoms with Crippen LogP contribution in [0.5, 0.6) is 0 Å². The first-order chi connectivity index (χ1) is 8.41. The van der Waals surface area contributed by atoms with Crippen LogP contribution in [0.3, 0.4) is 0 Å². The van der Waals surface area contributed by atoms with E-state index in [0.717, 1.165) is 0 Å². The van der Waals surface area contributed by atoms with Gasteiger partial charge in [0.25, 0.3) is 5.56 Å². The summed E-state index contributed by atoms with van der Waals surface area (Å²) in [6.45, 7) is 3.73. The Morgan fingerprint density at radius 3 is 2.83 bits per heavy atom. The SMILES string of the molecule is CC(C)Nc1nc(Cl)c2n(c1=O)[C@H](C(=O)O)CC2. The van der Waals surface area contributed by atoms with E-state index in [1.54, 1.807) is 0 Å². The van der Waals surface area contributed by atoms with Gasteiger partial charge < -0.3 is 10.4 Å². The van der Waals surface area contributed by atoms with Crippen LogP contribution in [0, 0.1) is 0 Å². The lowest BCUT2D eigenvalue weighted by atomic mass is 10.2. The first-order valence-electron chi connectivity index (χ1n) is 5.72. The van der Waals surface area contributed by atoms with Crippen molar-refractivity contribution in [1.82, 2.24) is 9.55 Å². The Labute approximate surface area is 109 Å². The largest absolute Gasteiger partial charge is 0.480 e. The quantitative estimate of drug-likeness (QED) is 0.865. The standard InChI is InChI=1S/C11H14ClN3O3/c1-5(2)13-9-10(16)15-6(8(12)14-9)3-4-7(15)11(17)18/h5,7H,3-4H2,1-2H3,(H,13,14)(H,17,18)/t7-/m0/s1. The van der Waals surface area contributed by atoms with Crippen LogP contribution in [-0.2, 0) is 11.2 Å². The third kappa shape index (κ3) is 2.08. The molecule has 98 valence electrons. The molecular weight excluding hydrogens is 258 g/mol. The van der Waals surface area contributed by atoms with E-state index in [1.165, 1.54) is 4.57 Å². The first kappa shape index (κ1) is 12.9. The number of halogens is 1. The number of aromatic nitrogens is 2. The van der Waals surface area contributed by atoms with Crippen molar-refractivity contribution in [2.45, 2.75) is 38.8 Å². The van der Waals surface area contributed by atoms with Crippen LogP contribution in [0.15, 0.2) is 4.79 Å². The maximum atomic E-state index is 12.2. The van der Waals surface area contributed by atoms with Gasteiger partial charge in [-0.15, -0.1) is 0 Å². The molecular formula is C11H14ClN3O3. The molecule has 1 aliphatic rings. The van der Waals surface area contributed by atoms with E-state index in [0.29, 0.717) is 18.5 Å². The molecule has 2 rings (SSSR count). The number of anilines is 1.